The second-order valence-electron chi connectivity index (χ2n) is 5.22. The predicted molar refractivity (Wildman–Crippen MR) is 80.5 cm³/mol. The molecule has 1 aliphatic carbocycles. The van der Waals surface area contributed by atoms with Crippen LogP contribution in [0.3, 0.4) is 0 Å². The Morgan fingerprint density at radius 1 is 1.11 bits per heavy atom. The molecule has 1 aliphatic rings. The van der Waals surface area contributed by atoms with Crippen molar-refractivity contribution in [2.24, 2.45) is 5.92 Å². The van der Waals surface area contributed by atoms with Gasteiger partial charge in [-0.15, -0.1) is 0 Å². The summed E-state index contributed by atoms with van der Waals surface area (Å²) in [6, 6.07) is 10.1. The summed E-state index contributed by atoms with van der Waals surface area (Å²) in [5.41, 5.74) is 0. The molecule has 1 saturated carbocycles. The Hall–Kier alpha value is -0.500. The van der Waals surface area contributed by atoms with Gasteiger partial charge in [0, 0.05) is 4.83 Å². The Balaban J connectivity index is 1.53. The number of rotatable bonds is 7. The molecular weight excluding hydrogens is 288 g/mol. The SMILES string of the molecule is BrC(CCCCOc1ccccc1)C1CCCC1. The van der Waals surface area contributed by atoms with Crippen LogP contribution in [0.2, 0.25) is 0 Å². The van der Waals surface area contributed by atoms with Gasteiger partial charge in [-0.05, 0) is 50.2 Å². The fraction of sp³-hybridized carbons (Fsp3) is 0.625. The van der Waals surface area contributed by atoms with Crippen molar-refractivity contribution in [1.82, 2.24) is 0 Å². The van der Waals surface area contributed by atoms with Crippen molar-refractivity contribution in [3.05, 3.63) is 30.3 Å². The zero-order valence-electron chi connectivity index (χ0n) is 11.0. The summed E-state index contributed by atoms with van der Waals surface area (Å²) in [5.74, 6) is 1.92. The molecule has 1 unspecified atom stereocenters. The van der Waals surface area contributed by atoms with Crippen LogP contribution in [0.4, 0.5) is 0 Å². The van der Waals surface area contributed by atoms with Crippen LogP contribution in [0.5, 0.6) is 5.75 Å². The standard InChI is InChI=1S/C16H23BrO/c17-16(14-8-4-5-9-14)12-6-7-13-18-15-10-2-1-3-11-15/h1-3,10-11,14,16H,4-9,12-13H2. The molecule has 0 bridgehead atoms. The van der Waals surface area contributed by atoms with E-state index in [4.69, 9.17) is 4.74 Å². The first-order valence-corrected chi connectivity index (χ1v) is 8.10. The number of halogens is 1. The molecule has 0 spiro atoms. The Bertz CT molecular complexity index is 319. The van der Waals surface area contributed by atoms with Crippen LogP contribution < -0.4 is 4.74 Å². The van der Waals surface area contributed by atoms with Gasteiger partial charge >= 0.3 is 0 Å². The van der Waals surface area contributed by atoms with Gasteiger partial charge in [0.2, 0.25) is 0 Å². The van der Waals surface area contributed by atoms with Gasteiger partial charge in [0.1, 0.15) is 5.75 Å². The molecule has 0 aliphatic heterocycles. The number of hydrogen-bond donors (Lipinski definition) is 0. The first kappa shape index (κ1) is 13.9. The fourth-order valence-electron chi connectivity index (χ4n) is 2.70. The number of hydrogen-bond acceptors (Lipinski definition) is 1. The van der Waals surface area contributed by atoms with Crippen LogP contribution in [-0.4, -0.2) is 11.4 Å². The summed E-state index contributed by atoms with van der Waals surface area (Å²) in [4.78, 5) is 0.733. The third-order valence-corrected chi connectivity index (χ3v) is 5.00. The lowest BCUT2D eigenvalue weighted by Crippen LogP contribution is -2.11. The molecule has 100 valence electrons. The topological polar surface area (TPSA) is 9.23 Å². The number of alkyl halides is 1. The monoisotopic (exact) mass is 310 g/mol. The van der Waals surface area contributed by atoms with E-state index in [0.29, 0.717) is 0 Å². The van der Waals surface area contributed by atoms with Crippen molar-refractivity contribution in [2.45, 2.75) is 49.8 Å². The minimum absolute atomic E-state index is 0.733. The maximum Gasteiger partial charge on any atom is 0.119 e. The molecule has 0 heterocycles. The van der Waals surface area contributed by atoms with Crippen LogP contribution in [0.1, 0.15) is 44.9 Å². The van der Waals surface area contributed by atoms with Crippen molar-refractivity contribution >= 4 is 15.9 Å². The largest absolute Gasteiger partial charge is 0.494 e. The lowest BCUT2D eigenvalue weighted by Gasteiger charge is -2.16. The molecule has 0 aromatic heterocycles. The number of para-hydroxylation sites is 1. The summed E-state index contributed by atoms with van der Waals surface area (Å²) in [5, 5.41) is 0. The van der Waals surface area contributed by atoms with Crippen LogP contribution in [-0.2, 0) is 0 Å². The third kappa shape index (κ3) is 4.64. The van der Waals surface area contributed by atoms with Gasteiger partial charge in [-0.25, -0.2) is 0 Å². The number of benzene rings is 1. The highest BCUT2D eigenvalue weighted by Gasteiger charge is 2.22. The minimum atomic E-state index is 0.733. The molecule has 0 N–H and O–H groups in total. The van der Waals surface area contributed by atoms with E-state index in [0.717, 1.165) is 29.5 Å². The van der Waals surface area contributed by atoms with E-state index in [9.17, 15) is 0 Å². The average molecular weight is 311 g/mol. The van der Waals surface area contributed by atoms with E-state index >= 15 is 0 Å². The zero-order valence-corrected chi connectivity index (χ0v) is 12.6. The van der Waals surface area contributed by atoms with Crippen molar-refractivity contribution in [2.75, 3.05) is 6.61 Å². The predicted octanol–water partition coefficient (Wildman–Crippen LogP) is 5.19. The second-order valence-corrected chi connectivity index (χ2v) is 6.39. The summed E-state index contributed by atoms with van der Waals surface area (Å²) < 4.78 is 5.70. The first-order valence-electron chi connectivity index (χ1n) is 7.18. The highest BCUT2D eigenvalue weighted by molar-refractivity contribution is 9.09. The van der Waals surface area contributed by atoms with Crippen molar-refractivity contribution in [1.29, 1.82) is 0 Å². The Morgan fingerprint density at radius 3 is 2.56 bits per heavy atom. The molecule has 1 aromatic rings. The molecule has 1 atom stereocenters. The van der Waals surface area contributed by atoms with E-state index in [-0.39, 0.29) is 0 Å². The Kier molecular flexibility index (Phi) is 6.06. The van der Waals surface area contributed by atoms with Gasteiger partial charge in [-0.3, -0.25) is 0 Å². The van der Waals surface area contributed by atoms with Crippen LogP contribution in [0, 0.1) is 5.92 Å². The van der Waals surface area contributed by atoms with Gasteiger partial charge in [-0.2, -0.15) is 0 Å². The molecule has 1 nitrogen and oxygen atoms in total. The summed E-state index contributed by atoms with van der Waals surface area (Å²) >= 11 is 3.86. The van der Waals surface area contributed by atoms with Crippen molar-refractivity contribution in [3.63, 3.8) is 0 Å². The smallest absolute Gasteiger partial charge is 0.119 e. The molecule has 2 rings (SSSR count). The van der Waals surface area contributed by atoms with Gasteiger partial charge in [-0.1, -0.05) is 47.0 Å². The van der Waals surface area contributed by atoms with Gasteiger partial charge in [0.25, 0.3) is 0 Å². The summed E-state index contributed by atoms with van der Waals surface area (Å²) in [6.45, 7) is 0.842. The van der Waals surface area contributed by atoms with E-state index in [1.807, 2.05) is 30.3 Å². The molecule has 1 fully saturated rings. The van der Waals surface area contributed by atoms with E-state index < -0.39 is 0 Å². The fourth-order valence-corrected chi connectivity index (χ4v) is 3.56. The van der Waals surface area contributed by atoms with Crippen LogP contribution in [0.15, 0.2) is 30.3 Å². The van der Waals surface area contributed by atoms with Gasteiger partial charge < -0.3 is 4.74 Å². The summed E-state index contributed by atoms with van der Waals surface area (Å²) in [6.07, 6.45) is 9.44. The Morgan fingerprint density at radius 2 is 1.83 bits per heavy atom. The molecule has 2 heteroatoms. The summed E-state index contributed by atoms with van der Waals surface area (Å²) in [7, 11) is 0. The normalized spacial score (nSPS) is 17.8. The second kappa shape index (κ2) is 7.83. The lowest BCUT2D eigenvalue weighted by atomic mass is 10.00. The van der Waals surface area contributed by atoms with Crippen molar-refractivity contribution < 1.29 is 4.74 Å². The van der Waals surface area contributed by atoms with Crippen LogP contribution >= 0.6 is 15.9 Å². The van der Waals surface area contributed by atoms with E-state index in [1.165, 1.54) is 38.5 Å². The highest BCUT2D eigenvalue weighted by Crippen LogP contribution is 2.33. The third-order valence-electron chi connectivity index (χ3n) is 3.80. The molecule has 0 amide bonds. The average Bonchev–Trinajstić information content (AvgIpc) is 2.93. The minimum Gasteiger partial charge on any atom is -0.494 e. The molecular formula is C16H23BrO. The maximum absolute atomic E-state index is 5.70. The lowest BCUT2D eigenvalue weighted by molar-refractivity contribution is 0.303. The van der Waals surface area contributed by atoms with Gasteiger partial charge in [0.05, 0.1) is 6.61 Å². The first-order chi connectivity index (χ1) is 8.86. The zero-order chi connectivity index (χ0) is 12.6. The quantitative estimate of drug-likeness (QED) is 0.497. The number of ether oxygens (including phenoxy) is 1. The maximum atomic E-state index is 5.70. The highest BCUT2D eigenvalue weighted by atomic mass is 79.9. The van der Waals surface area contributed by atoms with Crippen molar-refractivity contribution in [3.8, 4) is 5.75 Å². The van der Waals surface area contributed by atoms with Gasteiger partial charge in [0.15, 0.2) is 0 Å². The molecule has 18 heavy (non-hydrogen) atoms. The molecule has 0 radical (unpaired) electrons. The van der Waals surface area contributed by atoms with E-state index in [2.05, 4.69) is 15.9 Å². The Labute approximate surface area is 119 Å². The molecule has 1 aromatic carbocycles. The number of unbranched alkanes of at least 4 members (excludes halogenated alkanes) is 1. The van der Waals surface area contributed by atoms with Crippen LogP contribution in [0.25, 0.3) is 0 Å². The van der Waals surface area contributed by atoms with E-state index in [1.54, 1.807) is 0 Å². The molecule has 0 saturated heterocycles.